The third-order valence-corrected chi connectivity index (χ3v) is 5.04. The highest BCUT2D eigenvalue weighted by Gasteiger charge is 2.46. The van der Waals surface area contributed by atoms with E-state index in [2.05, 4.69) is 0 Å². The van der Waals surface area contributed by atoms with Gasteiger partial charge >= 0.3 is 0 Å². The van der Waals surface area contributed by atoms with Crippen molar-refractivity contribution < 1.29 is 24.5 Å². The smallest absolute Gasteiger partial charge is 0.295 e. The summed E-state index contributed by atoms with van der Waals surface area (Å²) in [4.78, 5) is 47.7. The Hall–Kier alpha value is -4.08. The largest absolute Gasteiger partial charge is 0.507 e. The van der Waals surface area contributed by atoms with E-state index in [1.165, 1.54) is 47.4 Å². The molecule has 0 spiro atoms. The number of ketones is 1. The number of likely N-dealkylation sites (tertiary alicyclic amines) is 1. The average Bonchev–Trinajstić information content (AvgIpc) is 3.02. The molecule has 1 saturated heterocycles. The molecule has 1 aliphatic rings. The van der Waals surface area contributed by atoms with Crippen LogP contribution >= 0.6 is 0 Å². The van der Waals surface area contributed by atoms with Crippen molar-refractivity contribution in [2.45, 2.75) is 25.8 Å². The summed E-state index contributed by atoms with van der Waals surface area (Å²) in [7, 11) is 0. The van der Waals surface area contributed by atoms with E-state index in [1.54, 1.807) is 6.07 Å². The Morgan fingerprint density at radius 2 is 1.68 bits per heavy atom. The molecule has 0 bridgehead atoms. The first kappa shape index (κ1) is 21.6. The zero-order chi connectivity index (χ0) is 22.7. The van der Waals surface area contributed by atoms with E-state index in [0.29, 0.717) is 12.0 Å². The van der Waals surface area contributed by atoms with Gasteiger partial charge in [0.1, 0.15) is 5.76 Å². The van der Waals surface area contributed by atoms with Crippen molar-refractivity contribution in [3.8, 4) is 0 Å². The lowest BCUT2D eigenvalue weighted by atomic mass is 9.95. The van der Waals surface area contributed by atoms with Gasteiger partial charge in [0, 0.05) is 36.4 Å². The van der Waals surface area contributed by atoms with Gasteiger partial charge in [-0.05, 0) is 24.1 Å². The SMILES string of the molecule is CCCCN1C(=O)C(=O)/C(=C(/O)c2ccc([N+](=O)[O-])cc2)C1c1cccc([N+](=O)[O-])c1. The minimum atomic E-state index is -1.01. The van der Waals surface area contributed by atoms with E-state index in [1.807, 2.05) is 6.92 Å². The van der Waals surface area contributed by atoms with Crippen LogP contribution in [-0.4, -0.2) is 38.1 Å². The topological polar surface area (TPSA) is 144 Å². The molecule has 0 saturated carbocycles. The lowest BCUT2D eigenvalue weighted by Gasteiger charge is -2.25. The van der Waals surface area contributed by atoms with E-state index < -0.39 is 33.3 Å². The van der Waals surface area contributed by atoms with Crippen molar-refractivity contribution in [2.75, 3.05) is 6.54 Å². The summed E-state index contributed by atoms with van der Waals surface area (Å²) in [6, 6.07) is 9.42. The lowest BCUT2D eigenvalue weighted by Crippen LogP contribution is -2.30. The Morgan fingerprint density at radius 1 is 1.03 bits per heavy atom. The van der Waals surface area contributed by atoms with Gasteiger partial charge < -0.3 is 10.0 Å². The van der Waals surface area contributed by atoms with Crippen molar-refractivity contribution in [3.63, 3.8) is 0 Å². The van der Waals surface area contributed by atoms with E-state index in [9.17, 15) is 34.9 Å². The second-order valence-electron chi connectivity index (χ2n) is 7.00. The molecule has 0 aliphatic carbocycles. The molecule has 1 fully saturated rings. The van der Waals surface area contributed by atoms with Gasteiger partial charge in [-0.2, -0.15) is 0 Å². The first-order valence-electron chi connectivity index (χ1n) is 9.53. The number of rotatable bonds is 7. The zero-order valence-corrected chi connectivity index (χ0v) is 16.6. The van der Waals surface area contributed by atoms with Crippen molar-refractivity contribution >= 4 is 28.8 Å². The highest BCUT2D eigenvalue weighted by atomic mass is 16.6. The van der Waals surface area contributed by atoms with Crippen LogP contribution in [0.3, 0.4) is 0 Å². The summed E-state index contributed by atoms with van der Waals surface area (Å²) in [5.41, 5.74) is -0.193. The molecule has 160 valence electrons. The van der Waals surface area contributed by atoms with Gasteiger partial charge in [-0.1, -0.05) is 25.5 Å². The van der Waals surface area contributed by atoms with Crippen molar-refractivity contribution in [1.82, 2.24) is 4.90 Å². The number of hydrogen-bond donors (Lipinski definition) is 1. The van der Waals surface area contributed by atoms with Crippen LogP contribution in [0.5, 0.6) is 0 Å². The number of nitrogens with zero attached hydrogens (tertiary/aromatic N) is 3. The monoisotopic (exact) mass is 425 g/mol. The third-order valence-electron chi connectivity index (χ3n) is 5.04. The normalized spacial score (nSPS) is 17.7. The number of amides is 1. The maximum absolute atomic E-state index is 12.8. The predicted molar refractivity (Wildman–Crippen MR) is 110 cm³/mol. The standard InChI is InChI=1S/C21H19N3O7/c1-2-3-11-22-18(14-5-4-6-16(12-14)24(30)31)17(20(26)21(22)27)19(25)13-7-9-15(10-8-13)23(28)29/h4-10,12,18,25H,2-3,11H2,1H3/b19-17+. The molecular weight excluding hydrogens is 406 g/mol. The number of nitro groups is 2. The Balaban J connectivity index is 2.17. The fraction of sp³-hybridized carbons (Fsp3) is 0.238. The Morgan fingerprint density at radius 3 is 2.26 bits per heavy atom. The number of hydrogen-bond acceptors (Lipinski definition) is 7. The number of carbonyl (C=O) groups excluding carboxylic acids is 2. The average molecular weight is 425 g/mol. The third kappa shape index (κ3) is 4.13. The minimum absolute atomic E-state index is 0.120. The molecule has 1 aliphatic heterocycles. The molecule has 1 unspecified atom stereocenters. The van der Waals surface area contributed by atoms with Gasteiger partial charge in [-0.25, -0.2) is 0 Å². The van der Waals surface area contributed by atoms with Crippen LogP contribution in [0.25, 0.3) is 5.76 Å². The molecule has 10 heteroatoms. The van der Waals surface area contributed by atoms with E-state index in [-0.39, 0.29) is 29.1 Å². The Labute approximate surface area is 176 Å². The fourth-order valence-corrected chi connectivity index (χ4v) is 3.49. The minimum Gasteiger partial charge on any atom is -0.507 e. The first-order chi connectivity index (χ1) is 14.8. The molecule has 1 N–H and O–H groups in total. The number of aliphatic hydroxyl groups excluding tert-OH is 1. The molecule has 1 heterocycles. The van der Waals surface area contributed by atoms with Crippen molar-refractivity contribution in [3.05, 3.63) is 85.5 Å². The second-order valence-corrected chi connectivity index (χ2v) is 7.00. The van der Waals surface area contributed by atoms with Crippen LogP contribution in [-0.2, 0) is 9.59 Å². The Kier molecular flexibility index (Phi) is 6.10. The fourth-order valence-electron chi connectivity index (χ4n) is 3.49. The lowest BCUT2D eigenvalue weighted by molar-refractivity contribution is -0.385. The van der Waals surface area contributed by atoms with Gasteiger partial charge in [0.15, 0.2) is 0 Å². The molecule has 2 aromatic rings. The van der Waals surface area contributed by atoms with Crippen LogP contribution < -0.4 is 0 Å². The maximum Gasteiger partial charge on any atom is 0.295 e. The van der Waals surface area contributed by atoms with Crippen LogP contribution in [0.1, 0.15) is 36.9 Å². The molecule has 3 rings (SSSR count). The molecule has 31 heavy (non-hydrogen) atoms. The van der Waals surface area contributed by atoms with E-state index in [4.69, 9.17) is 0 Å². The summed E-state index contributed by atoms with van der Waals surface area (Å²) < 4.78 is 0. The van der Waals surface area contributed by atoms with Gasteiger partial charge in [-0.15, -0.1) is 0 Å². The number of unbranched alkanes of at least 4 members (excludes halogenated alkanes) is 1. The van der Waals surface area contributed by atoms with E-state index in [0.717, 1.165) is 6.42 Å². The van der Waals surface area contributed by atoms with Crippen LogP contribution in [0.15, 0.2) is 54.1 Å². The summed E-state index contributed by atoms with van der Waals surface area (Å²) in [5.74, 6) is -2.22. The van der Waals surface area contributed by atoms with Gasteiger partial charge in [0.05, 0.1) is 21.5 Å². The van der Waals surface area contributed by atoms with Crippen LogP contribution in [0.4, 0.5) is 11.4 Å². The van der Waals surface area contributed by atoms with Crippen LogP contribution in [0, 0.1) is 20.2 Å². The second kappa shape index (κ2) is 8.74. The number of Topliss-reactive ketones (excluding diaryl/α,β-unsaturated/α-hetero) is 1. The Bertz CT molecular complexity index is 1090. The zero-order valence-electron chi connectivity index (χ0n) is 16.6. The quantitative estimate of drug-likeness (QED) is 0.234. The summed E-state index contributed by atoms with van der Waals surface area (Å²) in [6.45, 7) is 2.14. The number of non-ortho nitro benzene ring substituents is 2. The molecule has 0 aromatic heterocycles. The molecule has 1 atom stereocenters. The molecule has 1 amide bonds. The number of aliphatic hydroxyl groups is 1. The van der Waals surface area contributed by atoms with Crippen LogP contribution in [0.2, 0.25) is 0 Å². The molecule has 2 aromatic carbocycles. The highest BCUT2D eigenvalue weighted by Crippen LogP contribution is 2.40. The predicted octanol–water partition coefficient (Wildman–Crippen LogP) is 3.72. The number of nitro benzene ring substituents is 2. The van der Waals surface area contributed by atoms with Gasteiger partial charge in [0.25, 0.3) is 23.1 Å². The maximum atomic E-state index is 12.8. The summed E-state index contributed by atoms with van der Waals surface area (Å²) >= 11 is 0. The molecule has 0 radical (unpaired) electrons. The van der Waals surface area contributed by atoms with Crippen molar-refractivity contribution in [1.29, 1.82) is 0 Å². The van der Waals surface area contributed by atoms with Crippen molar-refractivity contribution in [2.24, 2.45) is 0 Å². The summed E-state index contributed by atoms with van der Waals surface area (Å²) in [5, 5.41) is 33.0. The van der Waals surface area contributed by atoms with E-state index >= 15 is 0 Å². The summed E-state index contributed by atoms with van der Waals surface area (Å²) in [6.07, 6.45) is 1.34. The highest BCUT2D eigenvalue weighted by molar-refractivity contribution is 6.46. The molecular formula is C21H19N3O7. The first-order valence-corrected chi connectivity index (χ1v) is 9.53. The number of carbonyl (C=O) groups is 2. The number of benzene rings is 2. The van der Waals surface area contributed by atoms with Gasteiger partial charge in [0.2, 0.25) is 0 Å². The van der Waals surface area contributed by atoms with Gasteiger partial charge in [-0.3, -0.25) is 29.8 Å². The molecule has 10 nitrogen and oxygen atoms in total.